The quantitative estimate of drug-likeness (QED) is 0.220. The number of benzene rings is 3. The zero-order valence-corrected chi connectivity index (χ0v) is 23.3. The Balaban J connectivity index is 1.11. The number of rotatable bonds is 9. The Kier molecular flexibility index (Phi) is 7.75. The lowest BCUT2D eigenvalue weighted by molar-refractivity contribution is 0.0945. The molecule has 0 aliphatic carbocycles. The zero-order valence-electron chi connectivity index (χ0n) is 22.5. The topological polar surface area (TPSA) is 68.2 Å². The highest BCUT2D eigenvalue weighted by Crippen LogP contribution is 2.35. The first kappa shape index (κ1) is 26.0. The molecule has 0 saturated carbocycles. The molecule has 2 aromatic heterocycles. The number of para-hydroxylation sites is 1. The summed E-state index contributed by atoms with van der Waals surface area (Å²) in [7, 11) is 0. The monoisotopic (exact) mass is 548 g/mol. The third-order valence-corrected chi connectivity index (χ3v) is 8.29. The van der Waals surface area contributed by atoms with Crippen LogP contribution in [0.25, 0.3) is 11.1 Å². The Hall–Kier alpha value is -4.20. The second-order valence-electron chi connectivity index (χ2n) is 10.1. The van der Waals surface area contributed by atoms with E-state index in [1.54, 1.807) is 11.3 Å². The van der Waals surface area contributed by atoms with Crippen LogP contribution in [0, 0.1) is 6.92 Å². The fourth-order valence-electron chi connectivity index (χ4n) is 5.24. The number of nitrogens with one attached hydrogen (secondary N) is 2. The average Bonchev–Trinajstić information content (AvgIpc) is 3.67. The summed E-state index contributed by atoms with van der Waals surface area (Å²) in [6, 6.07) is 27.2. The van der Waals surface area contributed by atoms with Crippen molar-refractivity contribution >= 4 is 17.2 Å². The number of hydrogen-bond acceptors (Lipinski definition) is 5. The van der Waals surface area contributed by atoms with Crippen molar-refractivity contribution in [3.63, 3.8) is 0 Å². The summed E-state index contributed by atoms with van der Waals surface area (Å²) in [5.74, 6) is 0.564. The number of ether oxygens (including phenoxy) is 1. The van der Waals surface area contributed by atoms with Crippen LogP contribution in [0.1, 0.15) is 50.1 Å². The molecule has 5 aromatic rings. The van der Waals surface area contributed by atoms with E-state index in [9.17, 15) is 4.79 Å². The van der Waals surface area contributed by atoms with Gasteiger partial charge in [-0.3, -0.25) is 4.79 Å². The fourth-order valence-corrected chi connectivity index (χ4v) is 5.88. The Labute approximate surface area is 238 Å². The van der Waals surface area contributed by atoms with Crippen LogP contribution in [0.3, 0.4) is 0 Å². The van der Waals surface area contributed by atoms with Gasteiger partial charge in [0, 0.05) is 42.2 Å². The number of imidazole rings is 1. The summed E-state index contributed by atoms with van der Waals surface area (Å²) < 4.78 is 8.20. The van der Waals surface area contributed by atoms with Gasteiger partial charge in [-0.25, -0.2) is 4.98 Å². The Morgan fingerprint density at radius 3 is 2.73 bits per heavy atom. The molecule has 0 bridgehead atoms. The fraction of sp³-hybridized carbons (Fsp3) is 0.212. The molecule has 0 spiro atoms. The summed E-state index contributed by atoms with van der Waals surface area (Å²) in [6.07, 6.45) is 4.64. The van der Waals surface area contributed by atoms with Gasteiger partial charge in [-0.2, -0.15) is 0 Å². The molecule has 0 radical (unpaired) electrons. The molecule has 6 rings (SSSR count). The van der Waals surface area contributed by atoms with Gasteiger partial charge in [0.2, 0.25) is 0 Å². The van der Waals surface area contributed by atoms with Crippen LogP contribution in [-0.2, 0) is 19.6 Å². The molecule has 1 unspecified atom stereocenters. The van der Waals surface area contributed by atoms with Crippen LogP contribution >= 0.6 is 11.3 Å². The lowest BCUT2D eigenvalue weighted by Gasteiger charge is -2.28. The van der Waals surface area contributed by atoms with Gasteiger partial charge in [0.25, 0.3) is 5.91 Å². The number of nitrogens with zero attached hydrogens (tertiary/aromatic N) is 2. The van der Waals surface area contributed by atoms with Crippen molar-refractivity contribution in [2.24, 2.45) is 0 Å². The SMILES string of the molecule is Cc1ccccc1-c1ccc(Cn2cncc2CNC2CCOc3c(C(=O)NCc4cccs4)cccc32)cc1. The van der Waals surface area contributed by atoms with E-state index in [0.29, 0.717) is 31.0 Å². The minimum atomic E-state index is -0.114. The van der Waals surface area contributed by atoms with Crippen LogP contribution in [0.5, 0.6) is 5.75 Å². The number of hydrogen-bond donors (Lipinski definition) is 2. The first-order chi connectivity index (χ1) is 19.7. The first-order valence-electron chi connectivity index (χ1n) is 13.6. The molecule has 1 aliphatic heterocycles. The minimum Gasteiger partial charge on any atom is -0.492 e. The number of aryl methyl sites for hydroxylation is 1. The Bertz CT molecular complexity index is 1590. The number of thiophene rings is 1. The van der Waals surface area contributed by atoms with Gasteiger partial charge in [-0.1, -0.05) is 66.7 Å². The zero-order chi connectivity index (χ0) is 27.3. The smallest absolute Gasteiger partial charge is 0.255 e. The molecule has 3 heterocycles. The van der Waals surface area contributed by atoms with Crippen LogP contribution in [0.15, 0.2) is 96.8 Å². The molecule has 1 aliphatic rings. The van der Waals surface area contributed by atoms with E-state index in [-0.39, 0.29) is 11.9 Å². The molecule has 40 heavy (non-hydrogen) atoms. The standard InChI is InChI=1S/C33H32N4O2S/c1-23-6-2-3-8-28(23)25-13-11-24(12-14-25)21-37-22-34-18-26(37)19-35-31-15-16-39-32-29(31)9-4-10-30(32)33(38)36-20-27-7-5-17-40-27/h2-14,17-18,22,31,35H,15-16,19-21H2,1H3,(H,36,38). The molecule has 2 N–H and O–H groups in total. The highest BCUT2D eigenvalue weighted by atomic mass is 32.1. The Morgan fingerprint density at radius 1 is 1.02 bits per heavy atom. The molecule has 6 nitrogen and oxygen atoms in total. The predicted octanol–water partition coefficient (Wildman–Crippen LogP) is 6.51. The predicted molar refractivity (Wildman–Crippen MR) is 160 cm³/mol. The van der Waals surface area contributed by atoms with Gasteiger partial charge >= 0.3 is 0 Å². The van der Waals surface area contributed by atoms with Crippen molar-refractivity contribution < 1.29 is 9.53 Å². The third-order valence-electron chi connectivity index (χ3n) is 7.41. The van der Waals surface area contributed by atoms with Gasteiger partial charge in [0.05, 0.1) is 30.7 Å². The van der Waals surface area contributed by atoms with E-state index < -0.39 is 0 Å². The van der Waals surface area contributed by atoms with Crippen molar-refractivity contribution in [2.45, 2.75) is 39.0 Å². The summed E-state index contributed by atoms with van der Waals surface area (Å²) >= 11 is 1.63. The third kappa shape index (κ3) is 5.71. The number of fused-ring (bicyclic) bond motifs is 1. The number of carbonyl (C=O) groups excluding carboxylic acids is 1. The van der Waals surface area contributed by atoms with E-state index in [0.717, 1.165) is 29.1 Å². The molecule has 202 valence electrons. The van der Waals surface area contributed by atoms with E-state index in [1.807, 2.05) is 42.2 Å². The van der Waals surface area contributed by atoms with Gasteiger partial charge in [0.15, 0.2) is 0 Å². The van der Waals surface area contributed by atoms with Crippen LogP contribution in [0.2, 0.25) is 0 Å². The number of amides is 1. The molecule has 0 fully saturated rings. The summed E-state index contributed by atoms with van der Waals surface area (Å²) in [5.41, 5.74) is 7.72. The highest BCUT2D eigenvalue weighted by Gasteiger charge is 2.26. The lowest BCUT2D eigenvalue weighted by atomic mass is 9.97. The molecule has 0 saturated heterocycles. The molecule has 7 heteroatoms. The van der Waals surface area contributed by atoms with Crippen molar-refractivity contribution in [3.05, 3.63) is 130 Å². The normalized spacial score (nSPS) is 14.4. The highest BCUT2D eigenvalue weighted by molar-refractivity contribution is 7.09. The maximum atomic E-state index is 13.0. The van der Waals surface area contributed by atoms with Gasteiger partial charge < -0.3 is 19.9 Å². The van der Waals surface area contributed by atoms with E-state index >= 15 is 0 Å². The lowest BCUT2D eigenvalue weighted by Crippen LogP contribution is -2.30. The molecular weight excluding hydrogens is 516 g/mol. The van der Waals surface area contributed by atoms with Crippen LogP contribution in [0.4, 0.5) is 0 Å². The van der Waals surface area contributed by atoms with E-state index in [1.165, 1.54) is 22.3 Å². The maximum Gasteiger partial charge on any atom is 0.255 e. The first-order valence-corrected chi connectivity index (χ1v) is 14.5. The second-order valence-corrected chi connectivity index (χ2v) is 11.1. The number of carbonyl (C=O) groups is 1. The van der Waals surface area contributed by atoms with Gasteiger partial charge in [-0.15, -0.1) is 11.3 Å². The summed E-state index contributed by atoms with van der Waals surface area (Å²) in [6.45, 7) is 4.64. The van der Waals surface area contributed by atoms with Gasteiger partial charge in [0.1, 0.15) is 5.75 Å². The van der Waals surface area contributed by atoms with E-state index in [2.05, 4.69) is 81.7 Å². The van der Waals surface area contributed by atoms with Gasteiger partial charge in [-0.05, 0) is 46.7 Å². The van der Waals surface area contributed by atoms with Crippen LogP contribution < -0.4 is 15.4 Å². The number of aromatic nitrogens is 2. The molecule has 1 amide bonds. The Morgan fingerprint density at radius 2 is 1.90 bits per heavy atom. The van der Waals surface area contributed by atoms with E-state index in [4.69, 9.17) is 4.74 Å². The van der Waals surface area contributed by atoms with Crippen molar-refractivity contribution in [3.8, 4) is 16.9 Å². The molecule has 1 atom stereocenters. The summed E-state index contributed by atoms with van der Waals surface area (Å²) in [5, 5.41) is 8.73. The summed E-state index contributed by atoms with van der Waals surface area (Å²) in [4.78, 5) is 18.5. The van der Waals surface area contributed by atoms with Crippen LogP contribution in [-0.4, -0.2) is 22.1 Å². The largest absolute Gasteiger partial charge is 0.492 e. The van der Waals surface area contributed by atoms with Crippen molar-refractivity contribution in [1.82, 2.24) is 20.2 Å². The minimum absolute atomic E-state index is 0.0885. The van der Waals surface area contributed by atoms with Crippen molar-refractivity contribution in [1.29, 1.82) is 0 Å². The second kappa shape index (κ2) is 11.9. The van der Waals surface area contributed by atoms with Crippen molar-refractivity contribution in [2.75, 3.05) is 6.61 Å². The molecule has 3 aromatic carbocycles. The maximum absolute atomic E-state index is 13.0. The average molecular weight is 549 g/mol. The molecular formula is C33H32N4O2S.